The van der Waals surface area contributed by atoms with E-state index in [-0.39, 0.29) is 35.2 Å². The fourth-order valence-electron chi connectivity index (χ4n) is 2.80. The first-order valence-electron chi connectivity index (χ1n) is 7.91. The van der Waals surface area contributed by atoms with Crippen LogP contribution in [0.2, 0.25) is 5.28 Å². The highest BCUT2D eigenvalue weighted by Crippen LogP contribution is 2.17. The summed E-state index contributed by atoms with van der Waals surface area (Å²) in [5.41, 5.74) is -0.143. The molecule has 0 atom stereocenters. The third-order valence-corrected chi connectivity index (χ3v) is 4.54. The van der Waals surface area contributed by atoms with Crippen molar-refractivity contribution in [3.8, 4) is 0 Å². The van der Waals surface area contributed by atoms with Crippen LogP contribution in [0.4, 0.5) is 4.39 Å². The van der Waals surface area contributed by atoms with Crippen LogP contribution in [0.25, 0.3) is 11.2 Å². The Balaban J connectivity index is 1.85. The number of aryl methyl sites for hydroxylation is 2. The number of nitrogens with zero attached hydrogens (tertiary/aromatic N) is 4. The van der Waals surface area contributed by atoms with Crippen molar-refractivity contribution in [2.24, 2.45) is 14.1 Å². The van der Waals surface area contributed by atoms with Crippen LogP contribution in [-0.2, 0) is 20.6 Å². The molecule has 7 nitrogen and oxygen atoms in total. The predicted molar refractivity (Wildman–Crippen MR) is 95.2 cm³/mol. The van der Waals surface area contributed by atoms with Gasteiger partial charge < -0.3 is 4.57 Å². The Morgan fingerprint density at radius 1 is 1.15 bits per heavy atom. The number of hydrogen-bond acceptors (Lipinski definition) is 4. The number of carbonyl (C=O) groups excluding carboxylic acids is 1. The Morgan fingerprint density at radius 2 is 1.81 bits per heavy atom. The third kappa shape index (κ3) is 3.08. The van der Waals surface area contributed by atoms with Crippen molar-refractivity contribution in [1.82, 2.24) is 18.7 Å². The highest BCUT2D eigenvalue weighted by Gasteiger charge is 2.18. The number of halogens is 2. The van der Waals surface area contributed by atoms with Gasteiger partial charge in [0.1, 0.15) is 5.82 Å². The molecule has 3 aromatic rings. The summed E-state index contributed by atoms with van der Waals surface area (Å²) in [6.07, 6.45) is 0.612. The first kappa shape index (κ1) is 18.1. The number of aromatic nitrogens is 4. The van der Waals surface area contributed by atoms with E-state index in [1.165, 1.54) is 47.5 Å². The molecule has 0 aliphatic rings. The van der Waals surface area contributed by atoms with Crippen LogP contribution in [-0.4, -0.2) is 24.5 Å². The SMILES string of the molecule is Cn1c(=O)c2c(nc(Cl)n2CCCC(=O)c2ccc(F)cc2)n(C)c1=O. The average Bonchev–Trinajstić information content (AvgIpc) is 2.95. The van der Waals surface area contributed by atoms with Crippen molar-refractivity contribution in [3.05, 3.63) is 61.8 Å². The second-order valence-corrected chi connectivity index (χ2v) is 6.28. The van der Waals surface area contributed by atoms with Gasteiger partial charge in [0.15, 0.2) is 16.9 Å². The van der Waals surface area contributed by atoms with Crippen LogP contribution >= 0.6 is 11.6 Å². The molecule has 0 fully saturated rings. The molecule has 3 rings (SSSR count). The van der Waals surface area contributed by atoms with Crippen molar-refractivity contribution in [3.63, 3.8) is 0 Å². The Morgan fingerprint density at radius 3 is 2.46 bits per heavy atom. The maximum atomic E-state index is 12.9. The van der Waals surface area contributed by atoms with E-state index in [1.54, 1.807) is 0 Å². The van der Waals surface area contributed by atoms with Crippen molar-refractivity contribution in [1.29, 1.82) is 0 Å². The van der Waals surface area contributed by atoms with Crippen LogP contribution in [0.15, 0.2) is 33.9 Å². The molecule has 0 saturated heterocycles. The maximum absolute atomic E-state index is 12.9. The second kappa shape index (κ2) is 6.87. The van der Waals surface area contributed by atoms with Gasteiger partial charge in [0.25, 0.3) is 5.56 Å². The molecule has 1 aromatic carbocycles. The van der Waals surface area contributed by atoms with Gasteiger partial charge in [-0.1, -0.05) is 0 Å². The molecule has 0 amide bonds. The van der Waals surface area contributed by atoms with E-state index in [2.05, 4.69) is 4.98 Å². The fourth-order valence-corrected chi connectivity index (χ4v) is 3.05. The fraction of sp³-hybridized carbons (Fsp3) is 0.294. The summed E-state index contributed by atoms with van der Waals surface area (Å²) < 4.78 is 16.7. The minimum Gasteiger partial charge on any atom is -0.309 e. The molecule has 0 N–H and O–H groups in total. The van der Waals surface area contributed by atoms with Gasteiger partial charge in [0.2, 0.25) is 5.28 Å². The highest BCUT2D eigenvalue weighted by molar-refractivity contribution is 6.29. The van der Waals surface area contributed by atoms with Gasteiger partial charge in [-0.2, -0.15) is 4.98 Å². The zero-order valence-electron chi connectivity index (χ0n) is 14.2. The van der Waals surface area contributed by atoms with Crippen molar-refractivity contribution in [2.75, 3.05) is 0 Å². The maximum Gasteiger partial charge on any atom is 0.332 e. The largest absolute Gasteiger partial charge is 0.332 e. The molecule has 2 heterocycles. The molecular weight excluding hydrogens is 363 g/mol. The Kier molecular flexibility index (Phi) is 4.78. The Labute approximate surface area is 152 Å². The van der Waals surface area contributed by atoms with Gasteiger partial charge in [-0.25, -0.2) is 9.18 Å². The van der Waals surface area contributed by atoms with Crippen LogP contribution < -0.4 is 11.2 Å². The summed E-state index contributed by atoms with van der Waals surface area (Å²) in [6, 6.07) is 5.33. The molecule has 136 valence electrons. The van der Waals surface area contributed by atoms with E-state index in [4.69, 9.17) is 11.6 Å². The van der Waals surface area contributed by atoms with E-state index >= 15 is 0 Å². The van der Waals surface area contributed by atoms with Gasteiger partial charge in [-0.05, 0) is 42.3 Å². The number of Topliss-reactive ketones (excluding diaryl/α,β-unsaturated/α-hetero) is 1. The predicted octanol–water partition coefficient (Wildman–Crippen LogP) is 1.89. The molecule has 0 aliphatic carbocycles. The Bertz CT molecular complexity index is 1110. The summed E-state index contributed by atoms with van der Waals surface area (Å²) in [6.45, 7) is 0.287. The van der Waals surface area contributed by atoms with Gasteiger partial charge >= 0.3 is 5.69 Å². The number of rotatable bonds is 5. The quantitative estimate of drug-likeness (QED) is 0.501. The number of imidazole rings is 1. The summed E-state index contributed by atoms with van der Waals surface area (Å²) >= 11 is 6.13. The highest BCUT2D eigenvalue weighted by atomic mass is 35.5. The second-order valence-electron chi connectivity index (χ2n) is 5.94. The number of ketones is 1. The topological polar surface area (TPSA) is 78.9 Å². The van der Waals surface area contributed by atoms with Crippen molar-refractivity contribution < 1.29 is 9.18 Å². The summed E-state index contributed by atoms with van der Waals surface area (Å²) in [4.78, 5) is 40.6. The lowest BCUT2D eigenvalue weighted by atomic mass is 10.1. The number of benzene rings is 1. The zero-order valence-corrected chi connectivity index (χ0v) is 15.0. The van der Waals surface area contributed by atoms with Crippen LogP contribution in [0.5, 0.6) is 0 Å². The molecule has 0 radical (unpaired) electrons. The van der Waals surface area contributed by atoms with E-state index < -0.39 is 17.1 Å². The van der Waals surface area contributed by atoms with Gasteiger partial charge in [-0.3, -0.25) is 18.7 Å². The first-order chi connectivity index (χ1) is 12.3. The molecule has 9 heteroatoms. The van der Waals surface area contributed by atoms with E-state index in [1.807, 2.05) is 0 Å². The van der Waals surface area contributed by atoms with Gasteiger partial charge in [0, 0.05) is 32.6 Å². The molecule has 0 aliphatic heterocycles. The van der Waals surface area contributed by atoms with Gasteiger partial charge in [-0.15, -0.1) is 0 Å². The van der Waals surface area contributed by atoms with E-state index in [0.717, 1.165) is 4.57 Å². The molecular formula is C17H16ClFN4O3. The smallest absolute Gasteiger partial charge is 0.309 e. The molecule has 0 unspecified atom stereocenters. The van der Waals surface area contributed by atoms with Crippen LogP contribution in [0.1, 0.15) is 23.2 Å². The molecule has 0 spiro atoms. The lowest BCUT2D eigenvalue weighted by molar-refractivity contribution is 0.0978. The average molecular weight is 379 g/mol. The lowest BCUT2D eigenvalue weighted by Gasteiger charge is -2.07. The number of carbonyl (C=O) groups is 1. The standard InChI is InChI=1S/C17H16ClFN4O3/c1-21-14-13(15(25)22(2)17(21)26)23(16(18)20-14)9-3-4-12(24)10-5-7-11(19)8-6-10/h5-8H,3-4,9H2,1-2H3. The lowest BCUT2D eigenvalue weighted by Crippen LogP contribution is -2.37. The molecule has 0 saturated carbocycles. The first-order valence-corrected chi connectivity index (χ1v) is 8.29. The monoisotopic (exact) mass is 378 g/mol. The van der Waals surface area contributed by atoms with Crippen molar-refractivity contribution in [2.45, 2.75) is 19.4 Å². The molecule has 26 heavy (non-hydrogen) atoms. The Hall–Kier alpha value is -2.74. The zero-order chi connectivity index (χ0) is 19.0. The van der Waals surface area contributed by atoms with E-state index in [9.17, 15) is 18.8 Å². The number of hydrogen-bond donors (Lipinski definition) is 0. The molecule has 0 bridgehead atoms. The van der Waals surface area contributed by atoms with E-state index in [0.29, 0.717) is 12.0 Å². The van der Waals surface area contributed by atoms with Crippen LogP contribution in [0, 0.1) is 5.82 Å². The summed E-state index contributed by atoms with van der Waals surface area (Å²) in [5, 5.41) is 0.0764. The third-order valence-electron chi connectivity index (χ3n) is 4.25. The minimum atomic E-state index is -0.493. The normalized spacial score (nSPS) is 11.2. The summed E-state index contributed by atoms with van der Waals surface area (Å²) in [5.74, 6) is -0.537. The van der Waals surface area contributed by atoms with Gasteiger partial charge in [0.05, 0.1) is 0 Å². The number of fused-ring (bicyclic) bond motifs is 1. The van der Waals surface area contributed by atoms with Crippen molar-refractivity contribution >= 4 is 28.5 Å². The summed E-state index contributed by atoms with van der Waals surface area (Å²) in [7, 11) is 2.89. The van der Waals surface area contributed by atoms with Crippen LogP contribution in [0.3, 0.4) is 0 Å². The molecule has 2 aromatic heterocycles. The minimum absolute atomic E-state index is 0.0764.